The van der Waals surface area contributed by atoms with Crippen LogP contribution < -0.4 is 0 Å². The van der Waals surface area contributed by atoms with Crippen LogP contribution in [0.25, 0.3) is 0 Å². The smallest absolute Gasteiger partial charge is 0.239 e. The van der Waals surface area contributed by atoms with Gasteiger partial charge in [-0.05, 0) is 32.5 Å². The van der Waals surface area contributed by atoms with Gasteiger partial charge < -0.3 is 9.32 Å². The Bertz CT molecular complexity index is 582. The minimum absolute atomic E-state index is 0.0637. The van der Waals surface area contributed by atoms with Gasteiger partial charge in [-0.15, -0.1) is 0 Å². The Morgan fingerprint density at radius 1 is 1.48 bits per heavy atom. The highest BCUT2D eigenvalue weighted by molar-refractivity contribution is 7.91. The van der Waals surface area contributed by atoms with Gasteiger partial charge in [0.25, 0.3) is 0 Å². The zero-order valence-electron chi connectivity index (χ0n) is 12.7. The van der Waals surface area contributed by atoms with E-state index >= 15 is 0 Å². The van der Waals surface area contributed by atoms with Crippen molar-refractivity contribution in [1.82, 2.24) is 9.80 Å². The molecule has 0 aliphatic carbocycles. The molecule has 0 spiro atoms. The largest absolute Gasteiger partial charge is 0.468 e. The second-order valence-electron chi connectivity index (χ2n) is 5.68. The standard InChI is InChI=1S/C14H22N2O4S/c1-11(15(2)9-13-5-4-7-20-13)14(17)16(3)12-6-8-21(18,19)10-12/h4-5,7,11-12H,6,8-10H2,1-3H3. The van der Waals surface area contributed by atoms with E-state index in [0.29, 0.717) is 13.0 Å². The predicted octanol–water partition coefficient (Wildman–Crippen LogP) is 0.745. The number of nitrogens with zero attached hydrogens (tertiary/aromatic N) is 2. The summed E-state index contributed by atoms with van der Waals surface area (Å²) in [4.78, 5) is 15.9. The van der Waals surface area contributed by atoms with E-state index in [2.05, 4.69) is 0 Å². The van der Waals surface area contributed by atoms with E-state index in [4.69, 9.17) is 4.42 Å². The lowest BCUT2D eigenvalue weighted by Crippen LogP contribution is -2.48. The fraction of sp³-hybridized carbons (Fsp3) is 0.643. The van der Waals surface area contributed by atoms with Gasteiger partial charge in [-0.1, -0.05) is 0 Å². The molecule has 1 aliphatic heterocycles. The number of furan rings is 1. The van der Waals surface area contributed by atoms with Crippen LogP contribution in [0, 0.1) is 0 Å². The van der Waals surface area contributed by atoms with Crippen LogP contribution >= 0.6 is 0 Å². The van der Waals surface area contributed by atoms with E-state index in [1.54, 1.807) is 18.2 Å². The number of hydrogen-bond acceptors (Lipinski definition) is 5. The van der Waals surface area contributed by atoms with E-state index in [1.165, 1.54) is 0 Å². The van der Waals surface area contributed by atoms with Crippen LogP contribution in [0.1, 0.15) is 19.1 Å². The van der Waals surface area contributed by atoms with Crippen LogP contribution in [-0.2, 0) is 21.2 Å². The summed E-state index contributed by atoms with van der Waals surface area (Å²) < 4.78 is 28.3. The minimum Gasteiger partial charge on any atom is -0.468 e. The van der Waals surface area contributed by atoms with Gasteiger partial charge in [0.05, 0.1) is 30.4 Å². The first-order valence-corrected chi connectivity index (χ1v) is 8.82. The van der Waals surface area contributed by atoms with Crippen molar-refractivity contribution in [3.05, 3.63) is 24.2 Å². The van der Waals surface area contributed by atoms with Crippen LogP contribution in [0.2, 0.25) is 0 Å². The fourth-order valence-corrected chi connectivity index (χ4v) is 4.30. The summed E-state index contributed by atoms with van der Waals surface area (Å²) in [6.45, 7) is 2.36. The highest BCUT2D eigenvalue weighted by atomic mass is 32.2. The van der Waals surface area contributed by atoms with Crippen molar-refractivity contribution in [1.29, 1.82) is 0 Å². The Balaban J connectivity index is 1.95. The zero-order chi connectivity index (χ0) is 15.6. The average molecular weight is 314 g/mol. The topological polar surface area (TPSA) is 70.8 Å². The van der Waals surface area contributed by atoms with Crippen molar-refractivity contribution >= 4 is 15.7 Å². The number of likely N-dealkylation sites (N-methyl/N-ethyl adjacent to an activating group) is 2. The molecular weight excluding hydrogens is 292 g/mol. The van der Waals surface area contributed by atoms with Gasteiger partial charge in [0.2, 0.25) is 5.91 Å². The highest BCUT2D eigenvalue weighted by Gasteiger charge is 2.34. The van der Waals surface area contributed by atoms with E-state index in [9.17, 15) is 13.2 Å². The molecule has 1 aromatic rings. The highest BCUT2D eigenvalue weighted by Crippen LogP contribution is 2.18. The molecule has 0 bridgehead atoms. The molecule has 2 heterocycles. The van der Waals surface area contributed by atoms with Gasteiger partial charge >= 0.3 is 0 Å². The maximum absolute atomic E-state index is 12.5. The first-order chi connectivity index (χ1) is 9.80. The molecule has 1 aliphatic rings. The minimum atomic E-state index is -2.98. The monoisotopic (exact) mass is 314 g/mol. The molecule has 2 atom stereocenters. The number of hydrogen-bond donors (Lipinski definition) is 0. The number of sulfone groups is 1. The van der Waals surface area contributed by atoms with Crippen molar-refractivity contribution in [2.75, 3.05) is 25.6 Å². The molecule has 7 heteroatoms. The summed E-state index contributed by atoms with van der Waals surface area (Å²) in [5.41, 5.74) is 0. The summed E-state index contributed by atoms with van der Waals surface area (Å²) in [5, 5.41) is 0. The van der Waals surface area contributed by atoms with Crippen LogP contribution in [-0.4, -0.2) is 61.8 Å². The van der Waals surface area contributed by atoms with E-state index < -0.39 is 9.84 Å². The molecule has 6 nitrogen and oxygen atoms in total. The molecule has 1 fully saturated rings. The van der Waals surface area contributed by atoms with Gasteiger partial charge in [-0.25, -0.2) is 8.42 Å². The molecule has 2 unspecified atom stereocenters. The molecular formula is C14H22N2O4S. The van der Waals surface area contributed by atoms with Crippen LogP contribution in [0.5, 0.6) is 0 Å². The van der Waals surface area contributed by atoms with Gasteiger partial charge in [0, 0.05) is 13.1 Å². The maximum atomic E-state index is 12.5. The van der Waals surface area contributed by atoms with Crippen molar-refractivity contribution in [3.8, 4) is 0 Å². The summed E-state index contributed by atoms with van der Waals surface area (Å²) in [5.74, 6) is 0.977. The van der Waals surface area contributed by atoms with Crippen molar-refractivity contribution in [2.24, 2.45) is 0 Å². The third-order valence-electron chi connectivity index (χ3n) is 4.11. The first kappa shape index (κ1) is 16.0. The number of rotatable bonds is 5. The first-order valence-electron chi connectivity index (χ1n) is 7.00. The van der Waals surface area contributed by atoms with E-state index in [1.807, 2.05) is 31.0 Å². The Labute approximate surface area is 125 Å². The summed E-state index contributed by atoms with van der Waals surface area (Å²) in [6, 6.07) is 3.14. The Kier molecular flexibility index (Phi) is 4.73. The lowest BCUT2D eigenvalue weighted by atomic mass is 10.2. The molecule has 2 rings (SSSR count). The second-order valence-corrected chi connectivity index (χ2v) is 7.91. The molecule has 118 valence electrons. The molecule has 1 amide bonds. The Morgan fingerprint density at radius 3 is 2.71 bits per heavy atom. The van der Waals surface area contributed by atoms with Gasteiger partial charge in [-0.3, -0.25) is 9.69 Å². The third-order valence-corrected chi connectivity index (χ3v) is 5.86. The molecule has 1 aromatic heterocycles. The Morgan fingerprint density at radius 2 is 2.19 bits per heavy atom. The van der Waals surface area contributed by atoms with Crippen molar-refractivity contribution in [2.45, 2.75) is 32.0 Å². The van der Waals surface area contributed by atoms with Crippen LogP contribution in [0.3, 0.4) is 0 Å². The predicted molar refractivity (Wildman–Crippen MR) is 79.5 cm³/mol. The fourth-order valence-electron chi connectivity index (χ4n) is 2.53. The number of carbonyl (C=O) groups excluding carboxylic acids is 1. The summed E-state index contributed by atoms with van der Waals surface area (Å²) in [6.07, 6.45) is 2.13. The quantitative estimate of drug-likeness (QED) is 0.802. The van der Waals surface area contributed by atoms with E-state index in [0.717, 1.165) is 5.76 Å². The normalized spacial score (nSPS) is 22.4. The number of amides is 1. The lowest BCUT2D eigenvalue weighted by molar-refractivity contribution is -0.136. The average Bonchev–Trinajstić information content (AvgIpc) is 3.05. The number of carbonyl (C=O) groups is 1. The second kappa shape index (κ2) is 6.19. The molecule has 0 aromatic carbocycles. The molecule has 0 saturated carbocycles. The van der Waals surface area contributed by atoms with Gasteiger partial charge in [0.15, 0.2) is 9.84 Å². The Hall–Kier alpha value is -1.34. The van der Waals surface area contributed by atoms with Gasteiger partial charge in [-0.2, -0.15) is 0 Å². The van der Waals surface area contributed by atoms with Crippen molar-refractivity contribution in [3.63, 3.8) is 0 Å². The molecule has 0 N–H and O–H groups in total. The summed E-state index contributed by atoms with van der Waals surface area (Å²) in [7, 11) is 0.554. The van der Waals surface area contributed by atoms with E-state index in [-0.39, 0.29) is 29.5 Å². The van der Waals surface area contributed by atoms with Crippen LogP contribution in [0.15, 0.2) is 22.8 Å². The SMILES string of the molecule is CC(C(=O)N(C)C1CCS(=O)(=O)C1)N(C)Cc1ccco1. The third kappa shape index (κ3) is 3.85. The molecule has 21 heavy (non-hydrogen) atoms. The van der Waals surface area contributed by atoms with Crippen molar-refractivity contribution < 1.29 is 17.6 Å². The van der Waals surface area contributed by atoms with Crippen LogP contribution in [0.4, 0.5) is 0 Å². The molecule has 1 saturated heterocycles. The van der Waals surface area contributed by atoms with Gasteiger partial charge in [0.1, 0.15) is 5.76 Å². The summed E-state index contributed by atoms with van der Waals surface area (Å²) >= 11 is 0. The lowest BCUT2D eigenvalue weighted by Gasteiger charge is -2.30. The molecule has 0 radical (unpaired) electrons. The maximum Gasteiger partial charge on any atom is 0.239 e. The zero-order valence-corrected chi connectivity index (χ0v) is 13.5.